The highest BCUT2D eigenvalue weighted by molar-refractivity contribution is 5.94. The van der Waals surface area contributed by atoms with E-state index in [-0.39, 0.29) is 29.9 Å². The number of amides is 1. The fourth-order valence-corrected chi connectivity index (χ4v) is 2.25. The SMILES string of the molecule is Cc1ccc([N+](=O)[O-])c(NC(=O)C[NH2+][C@@H](C)c2ccco2)c1C. The number of furan rings is 1. The number of benzene rings is 1. The minimum absolute atomic E-state index is 0.00987. The summed E-state index contributed by atoms with van der Waals surface area (Å²) in [6, 6.07) is 6.71. The molecule has 1 atom stereocenters. The molecule has 0 saturated heterocycles. The average Bonchev–Trinajstić information content (AvgIpc) is 3.03. The largest absolute Gasteiger partial charge is 0.463 e. The fourth-order valence-electron chi connectivity index (χ4n) is 2.25. The summed E-state index contributed by atoms with van der Waals surface area (Å²) in [5, 5.41) is 15.6. The summed E-state index contributed by atoms with van der Waals surface area (Å²) in [5.74, 6) is 0.482. The molecule has 0 aliphatic heterocycles. The molecular weight excluding hydrogens is 298 g/mol. The molecule has 23 heavy (non-hydrogen) atoms. The van der Waals surface area contributed by atoms with Crippen LogP contribution < -0.4 is 10.6 Å². The number of aryl methyl sites for hydroxylation is 1. The lowest BCUT2D eigenvalue weighted by Crippen LogP contribution is -2.86. The molecular formula is C16H20N3O4+. The van der Waals surface area contributed by atoms with Crippen LogP contribution in [0.25, 0.3) is 0 Å². The number of nitrogens with one attached hydrogen (secondary N) is 1. The first kappa shape index (κ1) is 16.7. The van der Waals surface area contributed by atoms with Crippen LogP contribution >= 0.6 is 0 Å². The summed E-state index contributed by atoms with van der Waals surface area (Å²) in [4.78, 5) is 22.8. The maximum absolute atomic E-state index is 12.1. The Morgan fingerprint density at radius 2 is 2.13 bits per heavy atom. The Labute approximate surface area is 133 Å². The minimum Gasteiger partial charge on any atom is -0.463 e. The lowest BCUT2D eigenvalue weighted by molar-refractivity contribution is -0.684. The van der Waals surface area contributed by atoms with Gasteiger partial charge in [-0.15, -0.1) is 0 Å². The van der Waals surface area contributed by atoms with Crippen LogP contribution in [0.2, 0.25) is 0 Å². The Morgan fingerprint density at radius 1 is 1.39 bits per heavy atom. The summed E-state index contributed by atoms with van der Waals surface area (Å²) in [7, 11) is 0. The van der Waals surface area contributed by atoms with Crippen molar-refractivity contribution >= 4 is 17.3 Å². The number of anilines is 1. The monoisotopic (exact) mass is 318 g/mol. The van der Waals surface area contributed by atoms with Crippen LogP contribution in [0, 0.1) is 24.0 Å². The smallest absolute Gasteiger partial charge is 0.293 e. The van der Waals surface area contributed by atoms with Crippen LogP contribution in [0.5, 0.6) is 0 Å². The molecule has 0 bridgehead atoms. The summed E-state index contributed by atoms with van der Waals surface area (Å²) in [6.07, 6.45) is 1.58. The molecule has 0 unspecified atom stereocenters. The zero-order chi connectivity index (χ0) is 17.0. The number of quaternary nitrogens is 1. The lowest BCUT2D eigenvalue weighted by Gasteiger charge is -2.12. The number of nitro groups is 1. The van der Waals surface area contributed by atoms with Crippen molar-refractivity contribution in [1.82, 2.24) is 0 Å². The van der Waals surface area contributed by atoms with E-state index >= 15 is 0 Å². The van der Waals surface area contributed by atoms with Gasteiger partial charge in [0, 0.05) is 6.07 Å². The van der Waals surface area contributed by atoms with Crippen molar-refractivity contribution < 1.29 is 19.5 Å². The number of nitrogens with two attached hydrogens (primary N) is 1. The molecule has 1 heterocycles. The van der Waals surface area contributed by atoms with Crippen LogP contribution in [0.3, 0.4) is 0 Å². The number of hydrogen-bond donors (Lipinski definition) is 2. The van der Waals surface area contributed by atoms with Crippen molar-refractivity contribution in [3.63, 3.8) is 0 Å². The van der Waals surface area contributed by atoms with E-state index in [1.54, 1.807) is 25.3 Å². The third-order valence-corrected chi connectivity index (χ3v) is 3.82. The van der Waals surface area contributed by atoms with E-state index in [1.807, 2.05) is 25.2 Å². The standard InChI is InChI=1S/C16H19N3O4/c1-10-6-7-13(19(21)22)16(11(10)2)18-15(20)9-17-12(3)14-5-4-8-23-14/h4-8,12,17H,9H2,1-3H3,(H,18,20)/p+1/t12-/m0/s1. The number of carbonyl (C=O) groups is 1. The van der Waals surface area contributed by atoms with E-state index in [0.717, 1.165) is 11.3 Å². The maximum atomic E-state index is 12.1. The van der Waals surface area contributed by atoms with Gasteiger partial charge in [0.2, 0.25) is 0 Å². The Hall–Kier alpha value is -2.67. The number of nitrogens with zero attached hydrogens (tertiary/aromatic N) is 1. The van der Waals surface area contributed by atoms with Gasteiger partial charge in [0.05, 0.1) is 11.2 Å². The highest BCUT2D eigenvalue weighted by Crippen LogP contribution is 2.29. The van der Waals surface area contributed by atoms with E-state index in [9.17, 15) is 14.9 Å². The van der Waals surface area contributed by atoms with Crippen molar-refractivity contribution in [3.8, 4) is 0 Å². The van der Waals surface area contributed by atoms with Gasteiger partial charge >= 0.3 is 0 Å². The van der Waals surface area contributed by atoms with E-state index < -0.39 is 4.92 Å². The first-order chi connectivity index (χ1) is 10.9. The molecule has 0 aliphatic rings. The molecule has 7 heteroatoms. The molecule has 2 aromatic rings. The van der Waals surface area contributed by atoms with E-state index in [1.165, 1.54) is 6.07 Å². The van der Waals surface area contributed by atoms with Crippen molar-refractivity contribution in [1.29, 1.82) is 0 Å². The van der Waals surface area contributed by atoms with Gasteiger partial charge in [0.25, 0.3) is 11.6 Å². The lowest BCUT2D eigenvalue weighted by atomic mass is 10.1. The molecule has 122 valence electrons. The first-order valence-electron chi connectivity index (χ1n) is 7.31. The van der Waals surface area contributed by atoms with Gasteiger partial charge in [0.15, 0.2) is 12.3 Å². The average molecular weight is 318 g/mol. The quantitative estimate of drug-likeness (QED) is 0.628. The number of nitro benzene ring substituents is 1. The minimum atomic E-state index is -0.489. The van der Waals surface area contributed by atoms with Crippen molar-refractivity contribution in [3.05, 3.63) is 57.5 Å². The molecule has 1 amide bonds. The molecule has 3 N–H and O–H groups in total. The highest BCUT2D eigenvalue weighted by atomic mass is 16.6. The third-order valence-electron chi connectivity index (χ3n) is 3.82. The number of rotatable bonds is 6. The van der Waals surface area contributed by atoms with Crippen LogP contribution in [0.1, 0.15) is 29.9 Å². The predicted octanol–water partition coefficient (Wildman–Crippen LogP) is 2.07. The summed E-state index contributed by atoms with van der Waals surface area (Å²) < 4.78 is 5.28. The molecule has 0 saturated carbocycles. The van der Waals surface area contributed by atoms with Crippen molar-refractivity contribution in [2.24, 2.45) is 0 Å². The van der Waals surface area contributed by atoms with Gasteiger partial charge in [-0.2, -0.15) is 0 Å². The second-order valence-electron chi connectivity index (χ2n) is 5.45. The fraction of sp³-hybridized carbons (Fsp3) is 0.312. The van der Waals surface area contributed by atoms with Crippen LogP contribution in [0.4, 0.5) is 11.4 Å². The predicted molar refractivity (Wildman–Crippen MR) is 85.1 cm³/mol. The zero-order valence-corrected chi connectivity index (χ0v) is 13.3. The Balaban J connectivity index is 2.05. The zero-order valence-electron chi connectivity index (χ0n) is 13.3. The van der Waals surface area contributed by atoms with E-state index in [0.29, 0.717) is 5.56 Å². The van der Waals surface area contributed by atoms with Gasteiger partial charge < -0.3 is 15.1 Å². The molecule has 0 aliphatic carbocycles. The first-order valence-corrected chi connectivity index (χ1v) is 7.31. The van der Waals surface area contributed by atoms with Gasteiger partial charge in [0.1, 0.15) is 11.7 Å². The second-order valence-corrected chi connectivity index (χ2v) is 5.45. The maximum Gasteiger partial charge on any atom is 0.293 e. The van der Waals surface area contributed by atoms with Crippen LogP contribution in [-0.2, 0) is 4.79 Å². The van der Waals surface area contributed by atoms with E-state index in [4.69, 9.17) is 4.42 Å². The summed E-state index contributed by atoms with van der Waals surface area (Å²) in [6.45, 7) is 5.67. The third kappa shape index (κ3) is 3.95. The van der Waals surface area contributed by atoms with Crippen LogP contribution in [-0.4, -0.2) is 17.4 Å². The van der Waals surface area contributed by atoms with E-state index in [2.05, 4.69) is 5.32 Å². The molecule has 0 spiro atoms. The molecule has 7 nitrogen and oxygen atoms in total. The number of carbonyl (C=O) groups excluding carboxylic acids is 1. The Bertz CT molecular complexity index is 710. The topological polar surface area (TPSA) is 102 Å². The van der Waals surface area contributed by atoms with Crippen LogP contribution in [0.15, 0.2) is 34.9 Å². The molecule has 1 aromatic heterocycles. The second kappa shape index (κ2) is 7.06. The highest BCUT2D eigenvalue weighted by Gasteiger charge is 2.21. The normalized spacial score (nSPS) is 12.0. The van der Waals surface area contributed by atoms with Gasteiger partial charge in [-0.1, -0.05) is 6.07 Å². The summed E-state index contributed by atoms with van der Waals surface area (Å²) in [5.41, 5.74) is 1.75. The van der Waals surface area contributed by atoms with Gasteiger partial charge in [-0.05, 0) is 44.0 Å². The molecule has 0 radical (unpaired) electrons. The molecule has 0 fully saturated rings. The van der Waals surface area contributed by atoms with Gasteiger partial charge in [-0.3, -0.25) is 14.9 Å². The van der Waals surface area contributed by atoms with Crippen molar-refractivity contribution in [2.45, 2.75) is 26.8 Å². The molecule has 2 rings (SSSR count). The number of hydrogen-bond acceptors (Lipinski definition) is 4. The Kier molecular flexibility index (Phi) is 5.13. The molecule has 1 aromatic carbocycles. The Morgan fingerprint density at radius 3 is 2.74 bits per heavy atom. The summed E-state index contributed by atoms with van der Waals surface area (Å²) >= 11 is 0. The van der Waals surface area contributed by atoms with Gasteiger partial charge in [-0.25, -0.2) is 0 Å². The van der Waals surface area contributed by atoms with Crippen molar-refractivity contribution in [2.75, 3.05) is 11.9 Å².